The van der Waals surface area contributed by atoms with Gasteiger partial charge in [0.1, 0.15) is 5.75 Å². The lowest BCUT2D eigenvalue weighted by Gasteiger charge is -2.24. The topological polar surface area (TPSA) is 104 Å². The van der Waals surface area contributed by atoms with E-state index in [0.29, 0.717) is 23.4 Å². The van der Waals surface area contributed by atoms with E-state index in [1.807, 2.05) is 0 Å². The third-order valence-corrected chi connectivity index (χ3v) is 8.00. The Kier molecular flexibility index (Phi) is 11.2. The molecule has 0 unspecified atom stereocenters. The van der Waals surface area contributed by atoms with Crippen LogP contribution in [0.4, 0.5) is 5.69 Å². The highest BCUT2D eigenvalue weighted by Crippen LogP contribution is 2.31. The van der Waals surface area contributed by atoms with Gasteiger partial charge in [-0.2, -0.15) is 0 Å². The molecule has 0 bridgehead atoms. The molecule has 0 aromatic heterocycles. The van der Waals surface area contributed by atoms with Crippen LogP contribution >= 0.6 is 0 Å². The molecule has 0 saturated heterocycles. The normalized spacial score (nSPS) is 11.5. The summed E-state index contributed by atoms with van der Waals surface area (Å²) in [5.74, 6) is -0.935. The van der Waals surface area contributed by atoms with Crippen LogP contribution in [0.5, 0.6) is 5.75 Å². The number of benzene rings is 2. The van der Waals surface area contributed by atoms with E-state index < -0.39 is 16.0 Å². The van der Waals surface area contributed by atoms with Crippen LogP contribution in [0, 0.1) is 6.92 Å². The number of carbonyl (C=O) groups is 2. The van der Waals surface area contributed by atoms with Gasteiger partial charge < -0.3 is 14.7 Å². The van der Waals surface area contributed by atoms with Crippen molar-refractivity contribution < 1.29 is 27.9 Å². The maximum Gasteiger partial charge on any atom is 0.337 e. The number of amides is 1. The number of rotatable bonds is 14. The number of carbonyl (C=O) groups excluding carboxylic acids is 1. The number of sulfonamides is 1. The van der Waals surface area contributed by atoms with Crippen LogP contribution in [-0.2, 0) is 14.8 Å². The molecule has 8 nitrogen and oxygen atoms in total. The minimum Gasteiger partial charge on any atom is -0.497 e. The third kappa shape index (κ3) is 8.08. The first-order valence-corrected chi connectivity index (χ1v) is 13.9. The van der Waals surface area contributed by atoms with Gasteiger partial charge in [-0.1, -0.05) is 39.0 Å². The molecule has 0 aliphatic carbocycles. The van der Waals surface area contributed by atoms with Gasteiger partial charge in [0.25, 0.3) is 10.0 Å². The van der Waals surface area contributed by atoms with Gasteiger partial charge in [-0.3, -0.25) is 9.10 Å². The molecule has 2 aromatic rings. The number of ether oxygens (including phenoxy) is 1. The lowest BCUT2D eigenvalue weighted by atomic mass is 10.0. The summed E-state index contributed by atoms with van der Waals surface area (Å²) in [4.78, 5) is 26.3. The number of nitrogens with zero attached hydrogens (tertiary/aromatic N) is 2. The van der Waals surface area contributed by atoms with Gasteiger partial charge >= 0.3 is 5.97 Å². The number of hydrogen-bond donors (Lipinski definition) is 1. The highest BCUT2D eigenvalue weighted by atomic mass is 32.2. The van der Waals surface area contributed by atoms with Crippen molar-refractivity contribution in [1.29, 1.82) is 0 Å². The van der Waals surface area contributed by atoms with Gasteiger partial charge in [0, 0.05) is 26.7 Å². The minimum atomic E-state index is -4.03. The van der Waals surface area contributed by atoms with E-state index in [2.05, 4.69) is 6.92 Å². The summed E-state index contributed by atoms with van der Waals surface area (Å²) in [7, 11) is 0.524. The fourth-order valence-electron chi connectivity index (χ4n) is 4.04. The van der Waals surface area contributed by atoms with Crippen LogP contribution < -0.4 is 9.04 Å². The molecule has 0 fully saturated rings. The van der Waals surface area contributed by atoms with Crippen molar-refractivity contribution in [2.75, 3.05) is 32.1 Å². The van der Waals surface area contributed by atoms with Crippen LogP contribution in [0.2, 0.25) is 0 Å². The summed E-state index contributed by atoms with van der Waals surface area (Å²) in [5, 5.41) is 9.87. The number of anilines is 1. The van der Waals surface area contributed by atoms with E-state index in [1.54, 1.807) is 31.0 Å². The molecular weight excluding hydrogens is 492 g/mol. The molecule has 0 spiro atoms. The number of aryl methyl sites for hydroxylation is 1. The Hall–Kier alpha value is -3.33. The average molecular weight is 531 g/mol. The molecule has 1 amide bonds. The van der Waals surface area contributed by atoms with Crippen LogP contribution in [-0.4, -0.2) is 58.1 Å². The Bertz CT molecular complexity index is 1210. The van der Waals surface area contributed by atoms with Gasteiger partial charge in [0.2, 0.25) is 5.91 Å². The number of unbranched alkanes of at least 4 members (excludes halogenated alkanes) is 5. The number of carboxylic acid groups (broad SMARTS) is 1. The Balaban J connectivity index is 2.22. The molecule has 37 heavy (non-hydrogen) atoms. The van der Waals surface area contributed by atoms with Gasteiger partial charge in [0.05, 0.1) is 23.3 Å². The van der Waals surface area contributed by atoms with Crippen LogP contribution in [0.3, 0.4) is 0 Å². The van der Waals surface area contributed by atoms with E-state index in [9.17, 15) is 23.1 Å². The van der Waals surface area contributed by atoms with E-state index >= 15 is 0 Å². The lowest BCUT2D eigenvalue weighted by molar-refractivity contribution is -0.124. The molecule has 0 aliphatic heterocycles. The highest BCUT2D eigenvalue weighted by Gasteiger charge is 2.27. The second-order valence-corrected chi connectivity index (χ2v) is 11.0. The van der Waals surface area contributed by atoms with E-state index in [0.717, 1.165) is 23.6 Å². The summed E-state index contributed by atoms with van der Waals surface area (Å²) in [6.07, 6.45) is 9.79. The quantitative estimate of drug-likeness (QED) is 0.261. The average Bonchev–Trinajstić information content (AvgIpc) is 2.88. The van der Waals surface area contributed by atoms with Crippen LogP contribution in [0.15, 0.2) is 47.4 Å². The molecule has 2 aromatic carbocycles. The zero-order valence-electron chi connectivity index (χ0n) is 22.4. The van der Waals surface area contributed by atoms with Crippen molar-refractivity contribution >= 4 is 33.7 Å². The summed E-state index contributed by atoms with van der Waals surface area (Å²) >= 11 is 0. The molecule has 202 valence electrons. The van der Waals surface area contributed by atoms with Gasteiger partial charge in [0.15, 0.2) is 0 Å². The summed E-state index contributed by atoms with van der Waals surface area (Å²) in [5.41, 5.74) is 0.835. The maximum absolute atomic E-state index is 13.2. The summed E-state index contributed by atoms with van der Waals surface area (Å²) < 4.78 is 32.5. The monoisotopic (exact) mass is 530 g/mol. The first-order valence-electron chi connectivity index (χ1n) is 12.5. The molecule has 0 aliphatic rings. The van der Waals surface area contributed by atoms with Crippen LogP contribution in [0.25, 0.3) is 6.08 Å². The molecule has 1 N–H and O–H groups in total. The number of likely N-dealkylation sites (N-methyl/N-ethyl adjacent to an activating group) is 1. The molecule has 0 saturated carbocycles. The van der Waals surface area contributed by atoms with Crippen molar-refractivity contribution in [2.45, 2.75) is 57.3 Å². The third-order valence-electron chi connectivity index (χ3n) is 6.23. The summed E-state index contributed by atoms with van der Waals surface area (Å²) in [6.45, 7) is 4.48. The van der Waals surface area contributed by atoms with E-state index in [4.69, 9.17) is 4.74 Å². The zero-order valence-corrected chi connectivity index (χ0v) is 23.2. The standard InChI is InChI=1S/C28H38N2O6S/c1-6-7-8-9-10-11-18-29(3)26(31)17-12-22-19-21(2)27(25(20-22)28(32)33)30(4)37(34,35)24-15-13-23(36-5)14-16-24/h12-17,19-20H,6-11,18H2,1-5H3,(H,32,33). The lowest BCUT2D eigenvalue weighted by Crippen LogP contribution is -2.29. The Morgan fingerprint density at radius 1 is 1.00 bits per heavy atom. The minimum absolute atomic E-state index is 0.00880. The molecule has 0 atom stereocenters. The fourth-order valence-corrected chi connectivity index (χ4v) is 5.32. The zero-order chi connectivity index (χ0) is 27.6. The van der Waals surface area contributed by atoms with Gasteiger partial charge in [-0.05, 0) is 66.9 Å². The van der Waals surface area contributed by atoms with Crippen molar-refractivity contribution in [3.63, 3.8) is 0 Å². The highest BCUT2D eigenvalue weighted by molar-refractivity contribution is 7.92. The SMILES string of the molecule is CCCCCCCCN(C)C(=O)C=Cc1cc(C)c(N(C)S(=O)(=O)c2ccc(OC)cc2)c(C(=O)O)c1. The molecule has 0 radical (unpaired) electrons. The Morgan fingerprint density at radius 3 is 2.22 bits per heavy atom. The number of aromatic carboxylic acids is 1. The van der Waals surface area contributed by atoms with Crippen molar-refractivity contribution in [2.24, 2.45) is 0 Å². The number of carboxylic acids is 1. The predicted octanol–water partition coefficient (Wildman–Crippen LogP) is 5.36. The second kappa shape index (κ2) is 13.8. The first-order chi connectivity index (χ1) is 17.5. The number of hydrogen-bond acceptors (Lipinski definition) is 5. The fraction of sp³-hybridized carbons (Fsp3) is 0.429. The molecule has 0 heterocycles. The van der Waals surface area contributed by atoms with E-state index in [1.165, 1.54) is 69.8 Å². The Labute approximate surface area is 220 Å². The Morgan fingerprint density at radius 2 is 1.62 bits per heavy atom. The molecule has 2 rings (SSSR count). The largest absolute Gasteiger partial charge is 0.497 e. The van der Waals surface area contributed by atoms with Crippen molar-refractivity contribution in [3.05, 3.63) is 59.2 Å². The second-order valence-electron chi connectivity index (χ2n) is 9.05. The smallest absolute Gasteiger partial charge is 0.337 e. The van der Waals surface area contributed by atoms with Gasteiger partial charge in [-0.15, -0.1) is 0 Å². The van der Waals surface area contributed by atoms with Crippen molar-refractivity contribution in [3.8, 4) is 5.75 Å². The molecule has 9 heteroatoms. The predicted molar refractivity (Wildman–Crippen MR) is 147 cm³/mol. The number of methoxy groups -OCH3 is 1. The maximum atomic E-state index is 13.2. The van der Waals surface area contributed by atoms with Gasteiger partial charge in [-0.25, -0.2) is 13.2 Å². The van der Waals surface area contributed by atoms with E-state index in [-0.39, 0.29) is 22.1 Å². The molecular formula is C28H38N2O6S. The van der Waals surface area contributed by atoms with Crippen LogP contribution in [0.1, 0.15) is 66.9 Å². The first kappa shape index (κ1) is 29.9. The summed E-state index contributed by atoms with van der Waals surface area (Å²) in [6, 6.07) is 8.91. The van der Waals surface area contributed by atoms with Crippen molar-refractivity contribution in [1.82, 2.24) is 4.90 Å².